The van der Waals surface area contributed by atoms with Gasteiger partial charge in [-0.1, -0.05) is 12.1 Å². The van der Waals surface area contributed by atoms with Gasteiger partial charge in [0.1, 0.15) is 28.2 Å². The Hall–Kier alpha value is -4.31. The van der Waals surface area contributed by atoms with Gasteiger partial charge in [0.25, 0.3) is 0 Å². The summed E-state index contributed by atoms with van der Waals surface area (Å²) in [7, 11) is 0. The Morgan fingerprint density at radius 1 is 1.02 bits per heavy atom. The number of anilines is 1. The molecule has 5 rings (SSSR count). The standard InChI is InChI=1S/C19H16O5.C11H13F3N2/c1-10-8-15(21)17-16(9-10)24-19(11(2)18(17)22)13-4-6-14(7-5-13)23-12(3)20;12-11(13,14)9-3-1-2-4-10(9)16-7-5-15-6-8-16/h4-9,21H,1-3H3;1-4,15H,5-8H2. The number of fused-ring (bicyclic) bond motifs is 1. The second-order valence-corrected chi connectivity index (χ2v) is 9.41. The third kappa shape index (κ3) is 6.45. The molecule has 0 aliphatic carbocycles. The minimum Gasteiger partial charge on any atom is -0.507 e. The van der Waals surface area contributed by atoms with Crippen molar-refractivity contribution in [1.82, 2.24) is 5.32 Å². The lowest BCUT2D eigenvalue weighted by atomic mass is 10.0. The summed E-state index contributed by atoms with van der Waals surface area (Å²) in [5, 5.41) is 13.3. The molecule has 4 aromatic rings. The smallest absolute Gasteiger partial charge is 0.418 e. The molecule has 1 aliphatic heterocycles. The Kier molecular flexibility index (Phi) is 8.49. The van der Waals surface area contributed by atoms with E-state index in [1.165, 1.54) is 25.1 Å². The fourth-order valence-electron chi connectivity index (χ4n) is 4.53. The van der Waals surface area contributed by atoms with Crippen LogP contribution in [0.4, 0.5) is 18.9 Å². The maximum atomic E-state index is 12.8. The second-order valence-electron chi connectivity index (χ2n) is 9.41. The molecule has 7 nitrogen and oxygen atoms in total. The molecule has 10 heteroatoms. The first-order valence-electron chi connectivity index (χ1n) is 12.6. The Morgan fingerprint density at radius 3 is 2.30 bits per heavy atom. The molecule has 1 aromatic heterocycles. The molecule has 1 aliphatic rings. The van der Waals surface area contributed by atoms with E-state index in [1.807, 2.05) is 6.92 Å². The van der Waals surface area contributed by atoms with Gasteiger partial charge in [0, 0.05) is 49.9 Å². The Balaban J connectivity index is 0.000000201. The number of carbonyl (C=O) groups is 1. The molecule has 0 unspecified atom stereocenters. The summed E-state index contributed by atoms with van der Waals surface area (Å²) >= 11 is 0. The first kappa shape index (κ1) is 28.7. The monoisotopic (exact) mass is 554 g/mol. The number of hydrogen-bond acceptors (Lipinski definition) is 7. The molecule has 2 heterocycles. The van der Waals surface area contributed by atoms with Crippen LogP contribution >= 0.6 is 0 Å². The number of piperazine rings is 1. The van der Waals surface area contributed by atoms with Crippen LogP contribution in [0.1, 0.15) is 23.6 Å². The van der Waals surface area contributed by atoms with Crippen LogP contribution in [0.5, 0.6) is 11.5 Å². The maximum absolute atomic E-state index is 12.8. The van der Waals surface area contributed by atoms with Gasteiger partial charge in [-0.2, -0.15) is 13.2 Å². The Morgan fingerprint density at radius 2 is 1.68 bits per heavy atom. The zero-order chi connectivity index (χ0) is 29.0. The number of aryl methyl sites for hydroxylation is 1. The van der Waals surface area contributed by atoms with E-state index < -0.39 is 17.7 Å². The number of ether oxygens (including phenoxy) is 1. The van der Waals surface area contributed by atoms with Crippen LogP contribution in [0.2, 0.25) is 0 Å². The Bertz CT molecular complexity index is 1570. The van der Waals surface area contributed by atoms with Gasteiger partial charge in [-0.3, -0.25) is 9.59 Å². The number of rotatable bonds is 3. The number of aromatic hydroxyl groups is 1. The number of phenolic OH excluding ortho intramolecular Hbond substituents is 1. The molecule has 40 heavy (non-hydrogen) atoms. The first-order chi connectivity index (χ1) is 19.0. The third-order valence-corrected chi connectivity index (χ3v) is 6.39. The van der Waals surface area contributed by atoms with Gasteiger partial charge in [-0.05, 0) is 67.9 Å². The van der Waals surface area contributed by atoms with E-state index in [0.29, 0.717) is 41.3 Å². The van der Waals surface area contributed by atoms with E-state index in [2.05, 4.69) is 5.32 Å². The minimum absolute atomic E-state index is 0.0846. The molecule has 0 atom stereocenters. The van der Waals surface area contributed by atoms with Gasteiger partial charge in [-0.25, -0.2) is 0 Å². The van der Waals surface area contributed by atoms with Gasteiger partial charge in [-0.15, -0.1) is 0 Å². The van der Waals surface area contributed by atoms with Crippen LogP contribution in [0.25, 0.3) is 22.3 Å². The van der Waals surface area contributed by atoms with Crippen molar-refractivity contribution in [3.8, 4) is 22.8 Å². The highest BCUT2D eigenvalue weighted by molar-refractivity contribution is 5.86. The number of nitrogens with zero attached hydrogens (tertiary/aromatic N) is 1. The maximum Gasteiger partial charge on any atom is 0.418 e. The summed E-state index contributed by atoms with van der Waals surface area (Å²) in [6.07, 6.45) is -4.28. The Labute approximate surface area is 228 Å². The first-order valence-corrected chi connectivity index (χ1v) is 12.6. The molecule has 210 valence electrons. The molecule has 1 fully saturated rings. The van der Waals surface area contributed by atoms with Crippen LogP contribution in [0.3, 0.4) is 0 Å². The average Bonchev–Trinajstić information content (AvgIpc) is 2.91. The lowest BCUT2D eigenvalue weighted by Gasteiger charge is -2.31. The van der Waals surface area contributed by atoms with Crippen LogP contribution in [-0.4, -0.2) is 37.3 Å². The number of hydrogen-bond donors (Lipinski definition) is 2. The number of carbonyl (C=O) groups excluding carboxylic acids is 1. The van der Waals surface area contributed by atoms with Gasteiger partial charge in [0.15, 0.2) is 5.43 Å². The van der Waals surface area contributed by atoms with Crippen LogP contribution in [-0.2, 0) is 11.0 Å². The highest BCUT2D eigenvalue weighted by atomic mass is 19.4. The van der Waals surface area contributed by atoms with Crippen molar-refractivity contribution >= 4 is 22.6 Å². The fourth-order valence-corrected chi connectivity index (χ4v) is 4.53. The zero-order valence-electron chi connectivity index (χ0n) is 22.3. The van der Waals surface area contributed by atoms with Crippen LogP contribution in [0, 0.1) is 13.8 Å². The molecular weight excluding hydrogens is 525 g/mol. The summed E-state index contributed by atoms with van der Waals surface area (Å²) in [6.45, 7) is 7.49. The number of esters is 1. The predicted molar refractivity (Wildman–Crippen MR) is 147 cm³/mol. The highest BCUT2D eigenvalue weighted by Gasteiger charge is 2.34. The second kappa shape index (κ2) is 11.8. The predicted octanol–water partition coefficient (Wildman–Crippen LogP) is 5.82. The van der Waals surface area contributed by atoms with Gasteiger partial charge in [0.05, 0.1) is 5.56 Å². The van der Waals surface area contributed by atoms with Crippen molar-refractivity contribution in [1.29, 1.82) is 0 Å². The number of nitrogens with one attached hydrogen (secondary N) is 1. The molecule has 2 N–H and O–H groups in total. The molecule has 0 spiro atoms. The number of benzene rings is 3. The van der Waals surface area contributed by atoms with E-state index in [0.717, 1.165) is 24.7 Å². The largest absolute Gasteiger partial charge is 0.507 e. The van der Waals surface area contributed by atoms with E-state index in [9.17, 15) is 27.9 Å². The van der Waals surface area contributed by atoms with Gasteiger partial charge >= 0.3 is 12.1 Å². The molecule has 0 radical (unpaired) electrons. The number of alkyl halides is 3. The van der Waals surface area contributed by atoms with Gasteiger partial charge < -0.3 is 24.5 Å². The van der Waals surface area contributed by atoms with Crippen molar-refractivity contribution in [2.45, 2.75) is 26.9 Å². The summed E-state index contributed by atoms with van der Waals surface area (Å²) in [4.78, 5) is 25.3. The number of phenols is 1. The molecule has 0 bridgehead atoms. The molecule has 0 saturated carbocycles. The topological polar surface area (TPSA) is 92.0 Å². The van der Waals surface area contributed by atoms with Crippen molar-refractivity contribution in [2.24, 2.45) is 0 Å². The van der Waals surface area contributed by atoms with Crippen molar-refractivity contribution in [2.75, 3.05) is 31.1 Å². The van der Waals surface area contributed by atoms with Crippen molar-refractivity contribution in [3.63, 3.8) is 0 Å². The quantitative estimate of drug-likeness (QED) is 0.244. The summed E-state index contributed by atoms with van der Waals surface area (Å²) in [5.74, 6) is 0.355. The van der Waals surface area contributed by atoms with E-state index in [4.69, 9.17) is 9.15 Å². The lowest BCUT2D eigenvalue weighted by Crippen LogP contribution is -2.44. The molecular formula is C30H29F3N2O5. The number of halogens is 3. The summed E-state index contributed by atoms with van der Waals surface area (Å²) in [6, 6.07) is 15.7. The highest BCUT2D eigenvalue weighted by Crippen LogP contribution is 2.36. The van der Waals surface area contributed by atoms with Gasteiger partial charge in [0.2, 0.25) is 0 Å². The van der Waals surface area contributed by atoms with Crippen LogP contribution < -0.4 is 20.4 Å². The number of para-hydroxylation sites is 1. The molecule has 0 amide bonds. The van der Waals surface area contributed by atoms with Crippen molar-refractivity contribution < 1.29 is 32.2 Å². The molecule has 1 saturated heterocycles. The SMILES string of the molecule is CC(=O)Oc1ccc(-c2oc3cc(C)cc(O)c3c(=O)c2C)cc1.FC(F)(F)c1ccccc1N1CCNCC1. The van der Waals surface area contributed by atoms with Crippen molar-refractivity contribution in [3.05, 3.63) is 87.6 Å². The van der Waals surface area contributed by atoms with E-state index >= 15 is 0 Å². The zero-order valence-corrected chi connectivity index (χ0v) is 22.3. The third-order valence-electron chi connectivity index (χ3n) is 6.39. The lowest BCUT2D eigenvalue weighted by molar-refractivity contribution is -0.137. The normalized spacial score (nSPS) is 13.5. The fraction of sp³-hybridized carbons (Fsp3) is 0.267. The van der Waals surface area contributed by atoms with Crippen LogP contribution in [0.15, 0.2) is 69.9 Å². The minimum atomic E-state index is -4.28. The molecule has 3 aromatic carbocycles. The van der Waals surface area contributed by atoms with E-state index in [-0.39, 0.29) is 22.3 Å². The summed E-state index contributed by atoms with van der Waals surface area (Å²) in [5.41, 5.74) is 1.69. The summed E-state index contributed by atoms with van der Waals surface area (Å²) < 4.78 is 49.2. The van der Waals surface area contributed by atoms with E-state index in [1.54, 1.807) is 48.2 Å². The average molecular weight is 555 g/mol.